The Morgan fingerprint density at radius 1 is 1.16 bits per heavy atom. The summed E-state index contributed by atoms with van der Waals surface area (Å²) in [5.41, 5.74) is 2.82. The summed E-state index contributed by atoms with van der Waals surface area (Å²) in [6.45, 7) is 0. The molecule has 19 heavy (non-hydrogen) atoms. The molecule has 0 bridgehead atoms. The average Bonchev–Trinajstić information content (AvgIpc) is 2.45. The molecular formula is C16H13ClOS. The van der Waals surface area contributed by atoms with Crippen LogP contribution in [0, 0.1) is 0 Å². The molecule has 0 fully saturated rings. The number of carbonyl (C=O) groups excluding carboxylic acids is 1. The molecule has 0 aliphatic carbocycles. The Morgan fingerprint density at radius 3 is 2.53 bits per heavy atom. The summed E-state index contributed by atoms with van der Waals surface area (Å²) in [7, 11) is 0. The monoisotopic (exact) mass is 288 g/mol. The SMILES string of the molecule is O=C(CCc1ccc(C=S)cc1)c1cccc(Cl)c1. The van der Waals surface area contributed by atoms with Gasteiger partial charge in [-0.25, -0.2) is 0 Å². The molecule has 0 aromatic heterocycles. The second-order valence-corrected chi connectivity index (χ2v) is 4.97. The number of benzene rings is 2. The van der Waals surface area contributed by atoms with Crippen LogP contribution in [0.1, 0.15) is 27.9 Å². The molecule has 0 atom stereocenters. The van der Waals surface area contributed by atoms with E-state index in [4.69, 9.17) is 23.8 Å². The number of thiocarbonyl (C=S) groups is 1. The Labute approximate surface area is 123 Å². The summed E-state index contributed by atoms with van der Waals surface area (Å²) in [5.74, 6) is 0.112. The van der Waals surface area contributed by atoms with Gasteiger partial charge in [0.25, 0.3) is 0 Å². The van der Waals surface area contributed by atoms with Gasteiger partial charge in [-0.05, 0) is 29.7 Å². The van der Waals surface area contributed by atoms with Crippen LogP contribution in [0.5, 0.6) is 0 Å². The molecule has 0 saturated carbocycles. The fraction of sp³-hybridized carbons (Fsp3) is 0.125. The molecular weight excluding hydrogens is 276 g/mol. The van der Waals surface area contributed by atoms with Crippen LogP contribution < -0.4 is 0 Å². The minimum Gasteiger partial charge on any atom is -0.294 e. The topological polar surface area (TPSA) is 17.1 Å². The van der Waals surface area contributed by atoms with E-state index >= 15 is 0 Å². The third-order valence-electron chi connectivity index (χ3n) is 2.90. The molecule has 0 heterocycles. The number of ketones is 1. The number of hydrogen-bond donors (Lipinski definition) is 0. The zero-order valence-electron chi connectivity index (χ0n) is 10.3. The lowest BCUT2D eigenvalue weighted by Crippen LogP contribution is -2.01. The van der Waals surface area contributed by atoms with E-state index < -0.39 is 0 Å². The van der Waals surface area contributed by atoms with Crippen molar-refractivity contribution >= 4 is 35.0 Å². The van der Waals surface area contributed by atoms with Crippen molar-refractivity contribution in [2.24, 2.45) is 0 Å². The first-order valence-corrected chi connectivity index (χ1v) is 6.87. The van der Waals surface area contributed by atoms with Gasteiger partial charge in [0.15, 0.2) is 5.78 Å². The molecule has 2 aromatic carbocycles. The van der Waals surface area contributed by atoms with Crippen molar-refractivity contribution in [1.82, 2.24) is 0 Å². The van der Waals surface area contributed by atoms with Crippen molar-refractivity contribution < 1.29 is 4.79 Å². The van der Waals surface area contributed by atoms with Gasteiger partial charge >= 0.3 is 0 Å². The lowest BCUT2D eigenvalue weighted by Gasteiger charge is -2.03. The van der Waals surface area contributed by atoms with Gasteiger partial charge in [0.1, 0.15) is 0 Å². The van der Waals surface area contributed by atoms with Gasteiger partial charge in [0.2, 0.25) is 0 Å². The summed E-state index contributed by atoms with van der Waals surface area (Å²) in [5, 5.41) is 2.23. The molecule has 0 unspecified atom stereocenters. The van der Waals surface area contributed by atoms with Crippen LogP contribution in [0.4, 0.5) is 0 Å². The smallest absolute Gasteiger partial charge is 0.163 e. The Bertz CT molecular complexity index is 590. The first kappa shape index (κ1) is 13.9. The minimum atomic E-state index is 0.112. The van der Waals surface area contributed by atoms with Gasteiger partial charge in [0.05, 0.1) is 0 Å². The van der Waals surface area contributed by atoms with Gasteiger partial charge < -0.3 is 0 Å². The molecule has 0 aliphatic rings. The Hall–Kier alpha value is -1.51. The van der Waals surface area contributed by atoms with E-state index in [0.29, 0.717) is 17.0 Å². The predicted octanol–water partition coefficient (Wildman–Crippen LogP) is 4.50. The van der Waals surface area contributed by atoms with E-state index in [0.717, 1.165) is 17.5 Å². The van der Waals surface area contributed by atoms with E-state index in [1.165, 1.54) is 0 Å². The van der Waals surface area contributed by atoms with Crippen LogP contribution in [-0.2, 0) is 6.42 Å². The van der Waals surface area contributed by atoms with Crippen LogP contribution in [-0.4, -0.2) is 11.2 Å². The number of rotatable bonds is 5. The van der Waals surface area contributed by atoms with Crippen molar-refractivity contribution in [3.63, 3.8) is 0 Å². The van der Waals surface area contributed by atoms with Crippen molar-refractivity contribution in [3.8, 4) is 0 Å². The Balaban J connectivity index is 1.98. The third kappa shape index (κ3) is 3.98. The number of aryl methyl sites for hydroxylation is 1. The summed E-state index contributed by atoms with van der Waals surface area (Å²) in [6.07, 6.45) is 1.21. The molecule has 0 radical (unpaired) electrons. The molecule has 0 N–H and O–H groups in total. The number of carbonyl (C=O) groups is 1. The Morgan fingerprint density at radius 2 is 1.89 bits per heavy atom. The molecule has 0 saturated heterocycles. The first-order chi connectivity index (χ1) is 9.19. The summed E-state index contributed by atoms with van der Waals surface area (Å²) in [4.78, 5) is 12.0. The molecule has 2 rings (SSSR count). The number of Topliss-reactive ketones (excluding diaryl/α,β-unsaturated/α-hetero) is 1. The highest BCUT2D eigenvalue weighted by Gasteiger charge is 2.06. The van der Waals surface area contributed by atoms with Crippen LogP contribution in [0.15, 0.2) is 48.5 Å². The van der Waals surface area contributed by atoms with Crippen molar-refractivity contribution in [1.29, 1.82) is 0 Å². The molecule has 2 aromatic rings. The zero-order chi connectivity index (χ0) is 13.7. The molecule has 0 spiro atoms. The molecule has 1 nitrogen and oxygen atoms in total. The summed E-state index contributed by atoms with van der Waals surface area (Å²) >= 11 is 10.7. The molecule has 0 aliphatic heterocycles. The van der Waals surface area contributed by atoms with E-state index in [1.54, 1.807) is 29.6 Å². The highest BCUT2D eigenvalue weighted by atomic mass is 35.5. The number of halogens is 1. The molecule has 96 valence electrons. The van der Waals surface area contributed by atoms with Crippen LogP contribution in [0.2, 0.25) is 5.02 Å². The normalized spacial score (nSPS) is 10.2. The lowest BCUT2D eigenvalue weighted by molar-refractivity contribution is 0.0983. The second-order valence-electron chi connectivity index (χ2n) is 4.29. The van der Waals surface area contributed by atoms with Crippen LogP contribution >= 0.6 is 23.8 Å². The fourth-order valence-corrected chi connectivity index (χ4v) is 2.17. The fourth-order valence-electron chi connectivity index (χ4n) is 1.83. The summed E-state index contributed by atoms with van der Waals surface area (Å²) < 4.78 is 0. The summed E-state index contributed by atoms with van der Waals surface area (Å²) in [6, 6.07) is 15.0. The maximum atomic E-state index is 12.0. The van der Waals surface area contributed by atoms with Gasteiger partial charge in [0, 0.05) is 22.4 Å². The van der Waals surface area contributed by atoms with E-state index in [9.17, 15) is 4.79 Å². The first-order valence-electron chi connectivity index (χ1n) is 6.02. The molecule has 0 amide bonds. The van der Waals surface area contributed by atoms with Crippen LogP contribution in [0.3, 0.4) is 0 Å². The zero-order valence-corrected chi connectivity index (χ0v) is 11.9. The van der Waals surface area contributed by atoms with Crippen molar-refractivity contribution in [2.75, 3.05) is 0 Å². The maximum absolute atomic E-state index is 12.0. The third-order valence-corrected chi connectivity index (χ3v) is 3.41. The van der Waals surface area contributed by atoms with Gasteiger partial charge in [-0.2, -0.15) is 0 Å². The minimum absolute atomic E-state index is 0.112. The van der Waals surface area contributed by atoms with Crippen LogP contribution in [0.25, 0.3) is 0 Å². The van der Waals surface area contributed by atoms with Gasteiger partial charge in [-0.1, -0.05) is 60.2 Å². The highest BCUT2D eigenvalue weighted by molar-refractivity contribution is 7.79. The lowest BCUT2D eigenvalue weighted by atomic mass is 10.0. The van der Waals surface area contributed by atoms with E-state index in [1.807, 2.05) is 24.3 Å². The highest BCUT2D eigenvalue weighted by Crippen LogP contribution is 2.14. The standard InChI is InChI=1S/C16H13ClOS/c17-15-3-1-2-14(10-15)16(18)9-8-12-4-6-13(11-19)7-5-12/h1-7,10-11H,8-9H2. The predicted molar refractivity (Wildman–Crippen MR) is 83.3 cm³/mol. The quantitative estimate of drug-likeness (QED) is 0.595. The van der Waals surface area contributed by atoms with Crippen molar-refractivity contribution in [3.05, 3.63) is 70.2 Å². The van der Waals surface area contributed by atoms with E-state index in [2.05, 4.69) is 0 Å². The van der Waals surface area contributed by atoms with Gasteiger partial charge in [-0.3, -0.25) is 4.79 Å². The largest absolute Gasteiger partial charge is 0.294 e. The van der Waals surface area contributed by atoms with Gasteiger partial charge in [-0.15, -0.1) is 0 Å². The Kier molecular flexibility index (Phi) is 4.83. The maximum Gasteiger partial charge on any atom is 0.163 e. The van der Waals surface area contributed by atoms with E-state index in [-0.39, 0.29) is 5.78 Å². The van der Waals surface area contributed by atoms with Crippen molar-refractivity contribution in [2.45, 2.75) is 12.8 Å². The number of hydrogen-bond acceptors (Lipinski definition) is 2. The second kappa shape index (κ2) is 6.60. The average molecular weight is 289 g/mol. The molecule has 3 heteroatoms.